The summed E-state index contributed by atoms with van der Waals surface area (Å²) >= 11 is 0. The van der Waals surface area contributed by atoms with E-state index in [1.54, 1.807) is 6.20 Å². The van der Waals surface area contributed by atoms with Crippen molar-refractivity contribution in [3.05, 3.63) is 334 Å². The molecule has 0 radical (unpaired) electrons. The molecule has 79 heavy (non-hydrogen) atoms. The third-order valence-electron chi connectivity index (χ3n) is 12.9. The van der Waals surface area contributed by atoms with Crippen LogP contribution in [0.3, 0.4) is 0 Å². The fraction of sp³-hybridized carbons (Fsp3) is 0. The van der Waals surface area contributed by atoms with E-state index < -0.39 is 0 Å². The zero-order valence-corrected chi connectivity index (χ0v) is 45.7. The van der Waals surface area contributed by atoms with Crippen LogP contribution in [0.4, 0.5) is 34.1 Å². The van der Waals surface area contributed by atoms with Crippen LogP contribution in [0.5, 0.6) is 0 Å². The molecular weight excluding hydrogens is 1140 g/mol. The number of aromatic nitrogens is 3. The summed E-state index contributed by atoms with van der Waals surface area (Å²) in [5, 5.41) is 0. The summed E-state index contributed by atoms with van der Waals surface area (Å²) in [5.74, 6) is 0. The quantitative estimate of drug-likeness (QED) is 0.108. The predicted molar refractivity (Wildman–Crippen MR) is 326 cm³/mol. The number of hydrogen-bond donors (Lipinski definition) is 0. The maximum absolute atomic E-state index is 4.46. The molecular formula is C73H54IrN5. The Hall–Kier alpha value is -9.84. The molecule has 0 aliphatic heterocycles. The van der Waals surface area contributed by atoms with Crippen LogP contribution >= 0.6 is 0 Å². The molecule has 0 N–H and O–H groups in total. The van der Waals surface area contributed by atoms with Gasteiger partial charge in [-0.1, -0.05) is 147 Å². The van der Waals surface area contributed by atoms with Gasteiger partial charge in [0.2, 0.25) is 0 Å². The fourth-order valence-corrected chi connectivity index (χ4v) is 8.88. The Bertz CT molecular complexity index is 3520. The summed E-state index contributed by atoms with van der Waals surface area (Å²) in [7, 11) is 0. The van der Waals surface area contributed by atoms with Crippen molar-refractivity contribution in [3.63, 3.8) is 0 Å². The Labute approximate surface area is 478 Å². The van der Waals surface area contributed by atoms with Gasteiger partial charge in [-0.3, -0.25) is 0 Å². The molecule has 0 saturated carbocycles. The van der Waals surface area contributed by atoms with Crippen molar-refractivity contribution in [1.82, 2.24) is 15.0 Å². The molecule has 0 aliphatic rings. The minimum atomic E-state index is 0. The van der Waals surface area contributed by atoms with Gasteiger partial charge >= 0.3 is 20.1 Å². The molecule has 5 nitrogen and oxygen atoms in total. The summed E-state index contributed by atoms with van der Waals surface area (Å²) in [6, 6.07) is 103. The Morgan fingerprint density at radius 1 is 0.291 bits per heavy atom. The molecule has 0 bridgehead atoms. The summed E-state index contributed by atoms with van der Waals surface area (Å²) in [6.45, 7) is 7.73. The first-order chi connectivity index (χ1) is 38.6. The molecule has 6 heteroatoms. The van der Waals surface area contributed by atoms with Gasteiger partial charge in [-0.05, 0) is 130 Å². The molecule has 0 fully saturated rings. The van der Waals surface area contributed by atoms with Gasteiger partial charge in [0.25, 0.3) is 0 Å². The van der Waals surface area contributed by atoms with E-state index in [9.17, 15) is 0 Å². The smallest absolute Gasteiger partial charge is 0.311 e. The second-order valence-electron chi connectivity index (χ2n) is 17.9. The number of rotatable bonds is 13. The van der Waals surface area contributed by atoms with Crippen molar-refractivity contribution in [1.29, 1.82) is 0 Å². The number of anilines is 6. The van der Waals surface area contributed by atoms with Gasteiger partial charge in [0.15, 0.2) is 0 Å². The van der Waals surface area contributed by atoms with Crippen molar-refractivity contribution in [2.45, 2.75) is 0 Å². The Morgan fingerprint density at radius 2 is 0.620 bits per heavy atom. The van der Waals surface area contributed by atoms with Crippen LogP contribution in [0, 0.1) is 18.2 Å². The molecule has 380 valence electrons. The molecule has 0 saturated heterocycles. The van der Waals surface area contributed by atoms with Gasteiger partial charge in [0.1, 0.15) is 0 Å². The van der Waals surface area contributed by atoms with Crippen LogP contribution in [-0.4, -0.2) is 15.0 Å². The zero-order chi connectivity index (χ0) is 53.1. The first kappa shape index (κ1) is 54.0. The average molecular weight is 1190 g/mol. The maximum atomic E-state index is 4.46. The maximum Gasteiger partial charge on any atom is 3.00 e. The van der Waals surface area contributed by atoms with Crippen molar-refractivity contribution >= 4 is 46.3 Å². The van der Waals surface area contributed by atoms with Crippen LogP contribution in [0.2, 0.25) is 0 Å². The SMILES string of the molecule is C=Cc1ccc(N(c2ccccc2)c2ccc(-c3cc[c-]c(-c4ccccn4)c3)cc2)cc1.C=Cc1ccc(N(c2ccccc2)c2ccc(-c3cc[c-]c(-c4ccccn4)c3)cc2)cc1.[Ir+3].[c-]1ccccc1-c1ccccn1. The van der Waals surface area contributed by atoms with Crippen molar-refractivity contribution in [2.24, 2.45) is 0 Å². The van der Waals surface area contributed by atoms with Gasteiger partial charge in [0.05, 0.1) is 0 Å². The molecule has 0 aliphatic carbocycles. The number of nitrogens with zero attached hydrogens (tertiary/aromatic N) is 5. The minimum Gasteiger partial charge on any atom is -0.311 e. The number of benzene rings is 9. The van der Waals surface area contributed by atoms with E-state index in [-0.39, 0.29) is 20.1 Å². The summed E-state index contributed by atoms with van der Waals surface area (Å²) in [5.41, 5.74) is 19.3. The average Bonchev–Trinajstić information content (AvgIpc) is 3.54. The number of pyridine rings is 3. The van der Waals surface area contributed by atoms with Crippen LogP contribution in [0.1, 0.15) is 11.1 Å². The molecule has 3 aromatic heterocycles. The standard InChI is InChI=1S/2C31H23N2.C11H8N.Ir/c2*1-2-24-14-18-29(19-15-24)33(28-11-4-3-5-12-28)30-20-16-25(17-21-30)26-9-8-10-27(23-26)31-13-6-7-22-32-31;1-2-6-10(7-3-1)11-8-4-5-9-12-11;/h2*2-9,11-23H,1H2;1-6,8-9H;/q3*-1;+3. The number of hydrogen-bond acceptors (Lipinski definition) is 5. The molecule has 0 unspecified atom stereocenters. The van der Waals surface area contributed by atoms with Crippen molar-refractivity contribution in [3.8, 4) is 56.0 Å². The van der Waals surface area contributed by atoms with Crippen LogP contribution in [-0.2, 0) is 20.1 Å². The van der Waals surface area contributed by atoms with E-state index in [0.29, 0.717) is 0 Å². The molecule has 12 rings (SSSR count). The van der Waals surface area contributed by atoms with Crippen LogP contribution in [0.25, 0.3) is 68.2 Å². The topological polar surface area (TPSA) is 45.2 Å². The van der Waals surface area contributed by atoms with E-state index in [1.165, 1.54) is 0 Å². The van der Waals surface area contributed by atoms with Gasteiger partial charge in [-0.15, -0.1) is 107 Å². The Balaban J connectivity index is 0.000000157. The third kappa shape index (κ3) is 14.0. The van der Waals surface area contributed by atoms with Crippen LogP contribution < -0.4 is 9.80 Å². The van der Waals surface area contributed by atoms with E-state index in [0.717, 1.165) is 101 Å². The van der Waals surface area contributed by atoms with Crippen molar-refractivity contribution in [2.75, 3.05) is 9.80 Å². The molecule has 0 spiro atoms. The molecule has 3 heterocycles. The Kier molecular flexibility index (Phi) is 18.6. The first-order valence-electron chi connectivity index (χ1n) is 25.7. The molecule has 12 aromatic rings. The predicted octanol–water partition coefficient (Wildman–Crippen LogP) is 19.2. The minimum absolute atomic E-state index is 0. The van der Waals surface area contributed by atoms with Gasteiger partial charge in [-0.2, -0.15) is 0 Å². The van der Waals surface area contributed by atoms with E-state index in [2.05, 4.69) is 226 Å². The van der Waals surface area contributed by atoms with Gasteiger partial charge < -0.3 is 24.8 Å². The monoisotopic (exact) mass is 1190 g/mol. The second-order valence-corrected chi connectivity index (χ2v) is 17.9. The van der Waals surface area contributed by atoms with E-state index >= 15 is 0 Å². The molecule has 9 aromatic carbocycles. The van der Waals surface area contributed by atoms with Crippen molar-refractivity contribution < 1.29 is 20.1 Å². The summed E-state index contributed by atoms with van der Waals surface area (Å²) in [4.78, 5) is 17.6. The normalized spacial score (nSPS) is 10.3. The second kappa shape index (κ2) is 27.3. The first-order valence-corrected chi connectivity index (χ1v) is 25.7. The zero-order valence-electron chi connectivity index (χ0n) is 43.4. The number of para-hydroxylation sites is 2. The molecule has 0 amide bonds. The van der Waals surface area contributed by atoms with E-state index in [1.807, 2.05) is 128 Å². The summed E-state index contributed by atoms with van der Waals surface area (Å²) < 4.78 is 0. The van der Waals surface area contributed by atoms with E-state index in [4.69, 9.17) is 0 Å². The van der Waals surface area contributed by atoms with Crippen LogP contribution in [0.15, 0.2) is 305 Å². The fourth-order valence-electron chi connectivity index (χ4n) is 8.88. The van der Waals surface area contributed by atoms with Gasteiger partial charge in [0, 0.05) is 52.7 Å². The Morgan fingerprint density at radius 3 is 0.962 bits per heavy atom. The van der Waals surface area contributed by atoms with Gasteiger partial charge in [-0.25, -0.2) is 0 Å². The molecule has 0 atom stereocenters. The summed E-state index contributed by atoms with van der Waals surface area (Å²) in [6.07, 6.45) is 9.13. The largest absolute Gasteiger partial charge is 3.00 e. The third-order valence-corrected chi connectivity index (χ3v) is 12.9.